The van der Waals surface area contributed by atoms with Crippen molar-refractivity contribution >= 4 is 27.3 Å². The molecule has 162 valence electrons. The largest absolute Gasteiger partial charge is 0.489 e. The number of anilines is 2. The molecule has 3 rings (SSSR count). The third-order valence-electron chi connectivity index (χ3n) is 4.60. The van der Waals surface area contributed by atoms with E-state index in [4.69, 9.17) is 4.74 Å². The van der Waals surface area contributed by atoms with Crippen molar-refractivity contribution in [2.24, 2.45) is 0 Å². The van der Waals surface area contributed by atoms with E-state index in [1.807, 2.05) is 36.4 Å². The van der Waals surface area contributed by atoms with Crippen LogP contribution in [0.15, 0.2) is 84.9 Å². The molecule has 3 aromatic carbocycles. The van der Waals surface area contributed by atoms with E-state index in [0.29, 0.717) is 30.2 Å². The van der Waals surface area contributed by atoms with E-state index in [1.54, 1.807) is 48.5 Å². The van der Waals surface area contributed by atoms with Crippen LogP contribution in [-0.2, 0) is 21.4 Å². The summed E-state index contributed by atoms with van der Waals surface area (Å²) >= 11 is 0. The fourth-order valence-electron chi connectivity index (χ4n) is 3.06. The average molecular weight is 439 g/mol. The summed E-state index contributed by atoms with van der Waals surface area (Å²) in [6, 6.07) is 25.9. The Morgan fingerprint density at radius 2 is 1.52 bits per heavy atom. The van der Waals surface area contributed by atoms with Gasteiger partial charge in [0.25, 0.3) is 0 Å². The van der Waals surface area contributed by atoms with E-state index in [9.17, 15) is 13.2 Å². The number of carbonyl (C=O) groups excluding carboxylic acids is 1. The number of sulfonamides is 1. The van der Waals surface area contributed by atoms with Crippen molar-refractivity contribution in [1.82, 2.24) is 0 Å². The second-order valence-electron chi connectivity index (χ2n) is 7.12. The normalized spacial score (nSPS) is 11.0. The first-order chi connectivity index (χ1) is 14.9. The molecule has 0 radical (unpaired) electrons. The van der Waals surface area contributed by atoms with Crippen molar-refractivity contribution in [3.05, 3.63) is 90.5 Å². The molecule has 0 fully saturated rings. The summed E-state index contributed by atoms with van der Waals surface area (Å²) in [5.74, 6) is 0.549. The van der Waals surface area contributed by atoms with Crippen molar-refractivity contribution in [3.63, 3.8) is 0 Å². The van der Waals surface area contributed by atoms with Gasteiger partial charge in [0.2, 0.25) is 15.9 Å². The molecule has 0 heterocycles. The monoisotopic (exact) mass is 438 g/mol. The van der Waals surface area contributed by atoms with Crippen LogP contribution in [0.4, 0.5) is 11.4 Å². The molecule has 1 amide bonds. The number of rotatable bonds is 10. The van der Waals surface area contributed by atoms with Gasteiger partial charge in [-0.1, -0.05) is 48.5 Å². The van der Waals surface area contributed by atoms with E-state index < -0.39 is 10.0 Å². The zero-order valence-electron chi connectivity index (χ0n) is 17.4. The molecule has 6 nitrogen and oxygen atoms in total. The van der Waals surface area contributed by atoms with E-state index in [1.165, 1.54) is 10.6 Å². The third-order valence-corrected chi connectivity index (χ3v) is 5.79. The maximum atomic E-state index is 12.3. The first-order valence-corrected chi connectivity index (χ1v) is 11.9. The second-order valence-corrected chi connectivity index (χ2v) is 9.03. The minimum Gasteiger partial charge on any atom is -0.489 e. The Bertz CT molecular complexity index is 1070. The number of hydrogen-bond donors (Lipinski definition) is 1. The molecular weight excluding hydrogens is 412 g/mol. The van der Waals surface area contributed by atoms with Crippen molar-refractivity contribution in [2.45, 2.75) is 19.4 Å². The van der Waals surface area contributed by atoms with Crippen LogP contribution in [0.3, 0.4) is 0 Å². The van der Waals surface area contributed by atoms with Gasteiger partial charge >= 0.3 is 0 Å². The lowest BCUT2D eigenvalue weighted by molar-refractivity contribution is -0.116. The number of ether oxygens (including phenoxy) is 1. The van der Waals surface area contributed by atoms with Crippen molar-refractivity contribution in [1.29, 1.82) is 0 Å². The van der Waals surface area contributed by atoms with Gasteiger partial charge in [0.1, 0.15) is 12.4 Å². The lowest BCUT2D eigenvalue weighted by Gasteiger charge is -2.22. The van der Waals surface area contributed by atoms with Crippen molar-refractivity contribution < 1.29 is 17.9 Å². The smallest absolute Gasteiger partial charge is 0.232 e. The molecule has 0 aliphatic carbocycles. The van der Waals surface area contributed by atoms with Crippen LogP contribution in [0.5, 0.6) is 5.75 Å². The number of carbonyl (C=O) groups is 1. The van der Waals surface area contributed by atoms with Crippen LogP contribution in [0.25, 0.3) is 0 Å². The third kappa shape index (κ3) is 7.15. The minimum atomic E-state index is -3.42. The summed E-state index contributed by atoms with van der Waals surface area (Å²) in [5.41, 5.74) is 2.34. The maximum Gasteiger partial charge on any atom is 0.232 e. The first kappa shape index (κ1) is 22.4. The van der Waals surface area contributed by atoms with Gasteiger partial charge in [-0.15, -0.1) is 0 Å². The Balaban J connectivity index is 1.47. The van der Waals surface area contributed by atoms with Crippen molar-refractivity contribution in [2.75, 3.05) is 22.4 Å². The second kappa shape index (κ2) is 10.6. The topological polar surface area (TPSA) is 75.7 Å². The fourth-order valence-corrected chi connectivity index (χ4v) is 4.03. The number of nitrogens with one attached hydrogen (secondary N) is 1. The maximum absolute atomic E-state index is 12.3. The van der Waals surface area contributed by atoms with Crippen LogP contribution < -0.4 is 14.4 Å². The van der Waals surface area contributed by atoms with E-state index in [2.05, 4.69) is 5.32 Å². The molecule has 0 atom stereocenters. The van der Waals surface area contributed by atoms with Gasteiger partial charge in [-0.05, 0) is 48.4 Å². The molecule has 0 saturated heterocycles. The predicted molar refractivity (Wildman–Crippen MR) is 124 cm³/mol. The molecule has 0 aromatic heterocycles. The van der Waals surface area contributed by atoms with Crippen molar-refractivity contribution in [3.8, 4) is 5.75 Å². The standard InChI is InChI=1S/C24H26N2O4S/c1-31(28,29)26(22-11-6-3-7-12-22)18-8-13-24(27)25-21-14-16-23(17-15-21)30-19-20-9-4-2-5-10-20/h2-7,9-12,14-17H,8,13,18-19H2,1H3,(H,25,27). The minimum absolute atomic E-state index is 0.167. The summed E-state index contributed by atoms with van der Waals surface area (Å²) in [6.45, 7) is 0.716. The quantitative estimate of drug-likeness (QED) is 0.507. The summed E-state index contributed by atoms with van der Waals surface area (Å²) < 4.78 is 31.2. The van der Waals surface area contributed by atoms with Gasteiger partial charge in [0.05, 0.1) is 11.9 Å². The average Bonchev–Trinajstić information content (AvgIpc) is 2.77. The van der Waals surface area contributed by atoms with E-state index >= 15 is 0 Å². The number of nitrogens with zero attached hydrogens (tertiary/aromatic N) is 1. The number of benzene rings is 3. The molecule has 0 spiro atoms. The zero-order valence-corrected chi connectivity index (χ0v) is 18.2. The molecule has 0 bridgehead atoms. The SMILES string of the molecule is CS(=O)(=O)N(CCCC(=O)Nc1ccc(OCc2ccccc2)cc1)c1ccccc1. The lowest BCUT2D eigenvalue weighted by Crippen LogP contribution is -2.31. The number of amides is 1. The van der Waals surface area contributed by atoms with Gasteiger partial charge in [0, 0.05) is 18.7 Å². The Morgan fingerprint density at radius 3 is 2.13 bits per heavy atom. The van der Waals surface area contributed by atoms with E-state index in [0.717, 1.165) is 5.56 Å². The molecular formula is C24H26N2O4S. The molecule has 31 heavy (non-hydrogen) atoms. The number of para-hydroxylation sites is 1. The summed E-state index contributed by atoms with van der Waals surface area (Å²) in [5, 5.41) is 2.83. The van der Waals surface area contributed by atoms with Crippen LogP contribution >= 0.6 is 0 Å². The van der Waals surface area contributed by atoms with Crippen LogP contribution in [-0.4, -0.2) is 27.1 Å². The summed E-state index contributed by atoms with van der Waals surface area (Å²) in [4.78, 5) is 12.3. The highest BCUT2D eigenvalue weighted by Crippen LogP contribution is 2.19. The molecule has 0 aliphatic heterocycles. The first-order valence-electron chi connectivity index (χ1n) is 10.0. The fraction of sp³-hybridized carbons (Fsp3) is 0.208. The van der Waals surface area contributed by atoms with Gasteiger partial charge in [-0.3, -0.25) is 9.10 Å². The summed E-state index contributed by atoms with van der Waals surface area (Å²) in [7, 11) is -3.42. The molecule has 0 saturated carbocycles. The van der Waals surface area contributed by atoms with E-state index in [-0.39, 0.29) is 18.9 Å². The molecule has 1 N–H and O–H groups in total. The molecule has 0 aliphatic rings. The summed E-state index contributed by atoms with van der Waals surface area (Å²) in [6.07, 6.45) is 1.79. The Kier molecular flexibility index (Phi) is 7.67. The Labute approximate surface area is 183 Å². The zero-order chi connectivity index (χ0) is 22.1. The Hall–Kier alpha value is -3.32. The van der Waals surface area contributed by atoms with Crippen LogP contribution in [0, 0.1) is 0 Å². The molecule has 3 aromatic rings. The predicted octanol–water partition coefficient (Wildman–Crippen LogP) is 4.45. The highest BCUT2D eigenvalue weighted by atomic mass is 32.2. The lowest BCUT2D eigenvalue weighted by atomic mass is 10.2. The van der Waals surface area contributed by atoms with Crippen LogP contribution in [0.2, 0.25) is 0 Å². The van der Waals surface area contributed by atoms with Gasteiger partial charge < -0.3 is 10.1 Å². The molecule has 7 heteroatoms. The van der Waals surface area contributed by atoms with Crippen LogP contribution in [0.1, 0.15) is 18.4 Å². The Morgan fingerprint density at radius 1 is 0.903 bits per heavy atom. The van der Waals surface area contributed by atoms with Gasteiger partial charge in [0.15, 0.2) is 0 Å². The van der Waals surface area contributed by atoms with Gasteiger partial charge in [-0.2, -0.15) is 0 Å². The number of hydrogen-bond acceptors (Lipinski definition) is 4. The highest BCUT2D eigenvalue weighted by Gasteiger charge is 2.17. The van der Waals surface area contributed by atoms with Gasteiger partial charge in [-0.25, -0.2) is 8.42 Å². The highest BCUT2D eigenvalue weighted by molar-refractivity contribution is 7.92. The molecule has 0 unspecified atom stereocenters.